The van der Waals surface area contributed by atoms with Crippen molar-refractivity contribution < 1.29 is 22.7 Å². The van der Waals surface area contributed by atoms with Crippen molar-refractivity contribution in [1.82, 2.24) is 14.1 Å². The number of benzene rings is 2. The highest BCUT2D eigenvalue weighted by Gasteiger charge is 2.41. The lowest BCUT2D eigenvalue weighted by Crippen LogP contribution is -2.54. The number of piperazine rings is 1. The van der Waals surface area contributed by atoms with Gasteiger partial charge in [0.05, 0.1) is 18.6 Å². The normalized spacial score (nSPS) is 21.3. The number of sulfonamides is 1. The average molecular weight is 486 g/mol. The largest absolute Gasteiger partial charge is 0.497 e. The number of ether oxygens (including phenoxy) is 2. The summed E-state index contributed by atoms with van der Waals surface area (Å²) in [4.78, 5) is 17.7. The number of hydrogen-bond donors (Lipinski definition) is 0. The maximum absolute atomic E-state index is 13.3. The van der Waals surface area contributed by atoms with Gasteiger partial charge in [0.15, 0.2) is 0 Å². The molecule has 0 radical (unpaired) electrons. The molecule has 1 unspecified atom stereocenters. The number of carbonyl (C=O) groups excluding carboxylic acids is 1. The summed E-state index contributed by atoms with van der Waals surface area (Å²) in [5.41, 5.74) is 2.53. The molecule has 182 valence electrons. The molecule has 2 aromatic rings. The molecule has 3 heterocycles. The fourth-order valence-electron chi connectivity index (χ4n) is 5.09. The van der Waals surface area contributed by atoms with E-state index in [1.165, 1.54) is 27.6 Å². The Balaban J connectivity index is 1.20. The van der Waals surface area contributed by atoms with Crippen LogP contribution in [0.5, 0.6) is 11.5 Å². The Morgan fingerprint density at radius 3 is 2.56 bits per heavy atom. The van der Waals surface area contributed by atoms with Gasteiger partial charge in [0.2, 0.25) is 15.9 Å². The van der Waals surface area contributed by atoms with Gasteiger partial charge in [-0.15, -0.1) is 0 Å². The number of methoxy groups -OCH3 is 1. The highest BCUT2D eigenvalue weighted by atomic mass is 32.2. The van der Waals surface area contributed by atoms with Crippen LogP contribution in [0.4, 0.5) is 0 Å². The van der Waals surface area contributed by atoms with E-state index in [0.29, 0.717) is 38.2 Å². The molecule has 8 nitrogen and oxygen atoms in total. The first-order valence-electron chi connectivity index (χ1n) is 11.9. The molecule has 1 amide bonds. The molecule has 34 heavy (non-hydrogen) atoms. The monoisotopic (exact) mass is 485 g/mol. The molecule has 0 N–H and O–H groups in total. The van der Waals surface area contributed by atoms with Gasteiger partial charge in [0, 0.05) is 45.7 Å². The van der Waals surface area contributed by atoms with Gasteiger partial charge in [-0.05, 0) is 54.3 Å². The number of hydrogen-bond acceptors (Lipinski definition) is 6. The summed E-state index contributed by atoms with van der Waals surface area (Å²) in [5, 5.41) is 0. The molecule has 0 spiro atoms. The van der Waals surface area contributed by atoms with Gasteiger partial charge >= 0.3 is 0 Å². The van der Waals surface area contributed by atoms with Crippen LogP contribution < -0.4 is 9.47 Å². The Hall–Kier alpha value is -2.62. The molecule has 0 saturated carbocycles. The van der Waals surface area contributed by atoms with E-state index in [1.807, 2.05) is 4.90 Å². The van der Waals surface area contributed by atoms with E-state index in [2.05, 4.69) is 23.1 Å². The zero-order valence-corrected chi connectivity index (χ0v) is 20.3. The summed E-state index contributed by atoms with van der Waals surface area (Å²) in [6.07, 6.45) is 2.21. The van der Waals surface area contributed by atoms with Crippen molar-refractivity contribution in [3.63, 3.8) is 0 Å². The average Bonchev–Trinajstić information content (AvgIpc) is 3.54. The molecule has 1 atom stereocenters. The van der Waals surface area contributed by atoms with E-state index in [0.717, 1.165) is 38.4 Å². The molecule has 2 saturated heterocycles. The number of fused-ring (bicyclic) bond motifs is 1. The van der Waals surface area contributed by atoms with E-state index in [-0.39, 0.29) is 10.8 Å². The maximum Gasteiger partial charge on any atom is 0.243 e. The van der Waals surface area contributed by atoms with Crippen molar-refractivity contribution in [2.75, 3.05) is 46.4 Å². The molecule has 5 rings (SSSR count). The Bertz CT molecular complexity index is 1140. The van der Waals surface area contributed by atoms with Crippen LogP contribution in [0.3, 0.4) is 0 Å². The molecule has 9 heteroatoms. The van der Waals surface area contributed by atoms with Gasteiger partial charge < -0.3 is 14.4 Å². The van der Waals surface area contributed by atoms with Crippen molar-refractivity contribution in [2.24, 2.45) is 0 Å². The third kappa shape index (κ3) is 4.52. The summed E-state index contributed by atoms with van der Waals surface area (Å²) in [5.74, 6) is 1.51. The number of amides is 1. The van der Waals surface area contributed by atoms with Gasteiger partial charge in [0.25, 0.3) is 0 Å². The van der Waals surface area contributed by atoms with E-state index in [9.17, 15) is 13.2 Å². The molecular weight excluding hydrogens is 454 g/mol. The molecule has 2 aromatic carbocycles. The second kappa shape index (κ2) is 9.56. The molecule has 0 aliphatic carbocycles. The van der Waals surface area contributed by atoms with Crippen LogP contribution in [0.15, 0.2) is 47.4 Å². The van der Waals surface area contributed by atoms with Crippen LogP contribution in [0.1, 0.15) is 24.0 Å². The van der Waals surface area contributed by atoms with Crippen molar-refractivity contribution in [2.45, 2.75) is 36.7 Å². The number of rotatable bonds is 6. The van der Waals surface area contributed by atoms with E-state index in [4.69, 9.17) is 9.47 Å². The summed E-state index contributed by atoms with van der Waals surface area (Å²) in [6.45, 7) is 4.74. The predicted octanol–water partition coefficient (Wildman–Crippen LogP) is 2.13. The quantitative estimate of drug-likeness (QED) is 0.624. The molecule has 0 aromatic heterocycles. The molecular formula is C25H31N3O5S. The van der Waals surface area contributed by atoms with Crippen molar-refractivity contribution in [3.05, 3.63) is 53.6 Å². The minimum absolute atomic E-state index is 0.0797. The fraction of sp³-hybridized carbons (Fsp3) is 0.480. The fourth-order valence-corrected chi connectivity index (χ4v) is 6.74. The van der Waals surface area contributed by atoms with Gasteiger partial charge in [-0.2, -0.15) is 4.31 Å². The number of carbonyl (C=O) groups is 1. The van der Waals surface area contributed by atoms with Crippen LogP contribution >= 0.6 is 0 Å². The summed E-state index contributed by atoms with van der Waals surface area (Å²) < 4.78 is 38.6. The van der Waals surface area contributed by atoms with E-state index < -0.39 is 16.1 Å². The van der Waals surface area contributed by atoms with Gasteiger partial charge in [-0.3, -0.25) is 9.69 Å². The van der Waals surface area contributed by atoms with Crippen LogP contribution in [-0.4, -0.2) is 80.9 Å². The minimum atomic E-state index is -3.74. The van der Waals surface area contributed by atoms with E-state index >= 15 is 0 Å². The van der Waals surface area contributed by atoms with Crippen LogP contribution in [-0.2, 0) is 27.8 Å². The highest BCUT2D eigenvalue weighted by Crippen LogP contribution is 2.29. The Morgan fingerprint density at radius 1 is 1.06 bits per heavy atom. The molecule has 3 aliphatic rings. The first kappa shape index (κ1) is 23.1. The van der Waals surface area contributed by atoms with Gasteiger partial charge in [-0.25, -0.2) is 8.42 Å². The minimum Gasteiger partial charge on any atom is -0.497 e. The molecule has 2 fully saturated rings. The lowest BCUT2D eigenvalue weighted by molar-refractivity contribution is -0.136. The summed E-state index contributed by atoms with van der Waals surface area (Å²) in [6, 6.07) is 12.1. The third-order valence-corrected chi connectivity index (χ3v) is 8.92. The zero-order valence-electron chi connectivity index (χ0n) is 19.5. The molecule has 0 bridgehead atoms. The van der Waals surface area contributed by atoms with Gasteiger partial charge in [-0.1, -0.05) is 12.1 Å². The first-order chi connectivity index (χ1) is 16.5. The Labute approximate surface area is 201 Å². The topological polar surface area (TPSA) is 79.4 Å². The summed E-state index contributed by atoms with van der Waals surface area (Å²) in [7, 11) is -2.20. The van der Waals surface area contributed by atoms with E-state index in [1.54, 1.807) is 19.2 Å². The molecule has 3 aliphatic heterocycles. The lowest BCUT2D eigenvalue weighted by atomic mass is 10.1. The van der Waals surface area contributed by atoms with Crippen molar-refractivity contribution in [1.29, 1.82) is 0 Å². The second-order valence-electron chi connectivity index (χ2n) is 9.09. The zero-order chi connectivity index (χ0) is 23.7. The smallest absolute Gasteiger partial charge is 0.243 e. The summed E-state index contributed by atoms with van der Waals surface area (Å²) >= 11 is 0. The lowest BCUT2D eigenvalue weighted by Gasteiger charge is -2.37. The number of nitrogens with zero attached hydrogens (tertiary/aromatic N) is 3. The third-order valence-electron chi connectivity index (χ3n) is 7.00. The van der Waals surface area contributed by atoms with Crippen molar-refractivity contribution in [3.8, 4) is 11.5 Å². The SMILES string of the molecule is COc1ccc(S(=O)(=O)N2CCCC2C(=O)N2CCN(Cc3ccc4c(c3)CCO4)CC2)cc1. The predicted molar refractivity (Wildman–Crippen MR) is 127 cm³/mol. The standard InChI is InChI=1S/C25H31N3O5S/c1-32-21-5-7-22(8-6-21)34(30,31)28-11-2-3-23(28)25(29)27-14-12-26(13-15-27)18-19-4-9-24-20(17-19)10-16-33-24/h4-9,17,23H,2-3,10-16,18H2,1H3. The van der Waals surface area contributed by atoms with Crippen LogP contribution in [0, 0.1) is 0 Å². The maximum atomic E-state index is 13.3. The Kier molecular flexibility index (Phi) is 6.50. The van der Waals surface area contributed by atoms with Crippen LogP contribution in [0.2, 0.25) is 0 Å². The Morgan fingerprint density at radius 2 is 1.82 bits per heavy atom. The van der Waals surface area contributed by atoms with Crippen molar-refractivity contribution >= 4 is 15.9 Å². The van der Waals surface area contributed by atoms with Crippen LogP contribution in [0.25, 0.3) is 0 Å². The second-order valence-corrected chi connectivity index (χ2v) is 11.0. The first-order valence-corrected chi connectivity index (χ1v) is 13.3. The highest BCUT2D eigenvalue weighted by molar-refractivity contribution is 7.89. The van der Waals surface area contributed by atoms with Gasteiger partial charge in [0.1, 0.15) is 17.5 Å².